The van der Waals surface area contributed by atoms with E-state index in [1.807, 2.05) is 12.1 Å². The molecule has 4 nitrogen and oxygen atoms in total. The molecule has 0 spiro atoms. The number of halogens is 1. The molecule has 116 valence electrons. The lowest BCUT2D eigenvalue weighted by molar-refractivity contribution is 0.414. The minimum absolute atomic E-state index is 0.355. The molecule has 0 saturated heterocycles. The van der Waals surface area contributed by atoms with E-state index in [0.29, 0.717) is 6.04 Å². The lowest BCUT2D eigenvalue weighted by Gasteiger charge is -2.14. The fourth-order valence-electron chi connectivity index (χ4n) is 3.16. The molecule has 0 aliphatic heterocycles. The monoisotopic (exact) mass is 417 g/mol. The molecule has 3 aromatic rings. The Balaban J connectivity index is 1.61. The van der Waals surface area contributed by atoms with Crippen molar-refractivity contribution in [2.75, 3.05) is 12.4 Å². The van der Waals surface area contributed by atoms with E-state index in [9.17, 15) is 0 Å². The Hall–Kier alpha value is -1.89. The van der Waals surface area contributed by atoms with Crippen LogP contribution in [-0.4, -0.2) is 23.1 Å². The molecule has 4 rings (SSSR count). The first-order valence-electron chi connectivity index (χ1n) is 7.55. The Morgan fingerprint density at radius 1 is 1.09 bits per heavy atom. The standard InChI is InChI=1S/C18H16IN3O/c1-23-15-4-2-11-6-14(7-12(11)8-15)22-18-16-9-13(19)3-5-17(16)20-10-21-18/h2-5,8-10,14H,6-7H2,1H3,(H,20,21,22). The summed E-state index contributed by atoms with van der Waals surface area (Å²) in [5.74, 6) is 1.84. The number of nitrogens with one attached hydrogen (secondary N) is 1. The number of ether oxygens (including phenoxy) is 1. The third kappa shape index (κ3) is 2.85. The number of rotatable bonds is 3. The van der Waals surface area contributed by atoms with Crippen LogP contribution >= 0.6 is 22.6 Å². The number of nitrogens with zero attached hydrogens (tertiary/aromatic N) is 2. The van der Waals surface area contributed by atoms with E-state index in [0.717, 1.165) is 35.3 Å². The second-order valence-electron chi connectivity index (χ2n) is 5.77. The Labute approximate surface area is 148 Å². The number of anilines is 1. The number of fused-ring (bicyclic) bond motifs is 2. The molecule has 0 amide bonds. The average Bonchev–Trinajstić information content (AvgIpc) is 2.96. The largest absolute Gasteiger partial charge is 0.497 e. The lowest BCUT2D eigenvalue weighted by atomic mass is 10.1. The van der Waals surface area contributed by atoms with Crippen LogP contribution in [0.1, 0.15) is 11.1 Å². The molecule has 1 aliphatic carbocycles. The number of methoxy groups -OCH3 is 1. The van der Waals surface area contributed by atoms with E-state index in [2.05, 4.69) is 62.1 Å². The van der Waals surface area contributed by atoms with Crippen molar-refractivity contribution in [2.24, 2.45) is 0 Å². The summed E-state index contributed by atoms with van der Waals surface area (Å²) in [6.45, 7) is 0. The number of hydrogen-bond acceptors (Lipinski definition) is 4. The van der Waals surface area contributed by atoms with Gasteiger partial charge in [-0.2, -0.15) is 0 Å². The molecule has 1 aliphatic rings. The summed E-state index contributed by atoms with van der Waals surface area (Å²) in [4.78, 5) is 8.81. The molecular weight excluding hydrogens is 401 g/mol. The summed E-state index contributed by atoms with van der Waals surface area (Å²) in [5, 5.41) is 4.68. The highest BCUT2D eigenvalue weighted by molar-refractivity contribution is 14.1. The maximum atomic E-state index is 5.32. The van der Waals surface area contributed by atoms with Gasteiger partial charge in [0.1, 0.15) is 17.9 Å². The molecule has 0 saturated carbocycles. The fourth-order valence-corrected chi connectivity index (χ4v) is 3.65. The van der Waals surface area contributed by atoms with E-state index in [-0.39, 0.29) is 0 Å². The van der Waals surface area contributed by atoms with Gasteiger partial charge in [-0.25, -0.2) is 9.97 Å². The highest BCUT2D eigenvalue weighted by atomic mass is 127. The summed E-state index contributed by atoms with van der Waals surface area (Å²) in [6, 6.07) is 12.9. The minimum Gasteiger partial charge on any atom is -0.497 e. The zero-order chi connectivity index (χ0) is 15.8. The maximum absolute atomic E-state index is 5.32. The van der Waals surface area contributed by atoms with Gasteiger partial charge in [0.25, 0.3) is 0 Å². The van der Waals surface area contributed by atoms with Gasteiger partial charge in [-0.15, -0.1) is 0 Å². The van der Waals surface area contributed by atoms with Crippen LogP contribution in [0.2, 0.25) is 0 Å². The molecular formula is C18H16IN3O. The maximum Gasteiger partial charge on any atom is 0.137 e. The molecule has 23 heavy (non-hydrogen) atoms. The van der Waals surface area contributed by atoms with Crippen molar-refractivity contribution in [3.63, 3.8) is 0 Å². The third-order valence-corrected chi connectivity index (χ3v) is 4.96. The predicted molar refractivity (Wildman–Crippen MR) is 100 cm³/mol. The van der Waals surface area contributed by atoms with Crippen molar-refractivity contribution >= 4 is 39.3 Å². The van der Waals surface area contributed by atoms with Gasteiger partial charge in [-0.1, -0.05) is 6.07 Å². The first-order valence-corrected chi connectivity index (χ1v) is 8.63. The van der Waals surface area contributed by atoms with Gasteiger partial charge in [0.15, 0.2) is 0 Å². The van der Waals surface area contributed by atoms with Crippen molar-refractivity contribution in [3.8, 4) is 5.75 Å². The average molecular weight is 417 g/mol. The molecule has 1 heterocycles. The van der Waals surface area contributed by atoms with Crippen LogP contribution in [-0.2, 0) is 12.8 Å². The molecule has 5 heteroatoms. The van der Waals surface area contributed by atoms with Gasteiger partial charge < -0.3 is 10.1 Å². The quantitative estimate of drug-likeness (QED) is 0.659. The van der Waals surface area contributed by atoms with Crippen LogP contribution in [0.5, 0.6) is 5.75 Å². The van der Waals surface area contributed by atoms with Gasteiger partial charge in [-0.05, 0) is 76.9 Å². The Morgan fingerprint density at radius 2 is 1.96 bits per heavy atom. The van der Waals surface area contributed by atoms with Crippen molar-refractivity contribution in [1.29, 1.82) is 0 Å². The van der Waals surface area contributed by atoms with E-state index in [1.165, 1.54) is 14.7 Å². The Bertz CT molecular complexity index is 881. The van der Waals surface area contributed by atoms with Crippen molar-refractivity contribution in [1.82, 2.24) is 9.97 Å². The summed E-state index contributed by atoms with van der Waals surface area (Å²) in [5.41, 5.74) is 3.71. The van der Waals surface area contributed by atoms with Crippen molar-refractivity contribution in [2.45, 2.75) is 18.9 Å². The van der Waals surface area contributed by atoms with E-state index in [1.54, 1.807) is 13.4 Å². The van der Waals surface area contributed by atoms with E-state index in [4.69, 9.17) is 4.74 Å². The number of aromatic nitrogens is 2. The van der Waals surface area contributed by atoms with Gasteiger partial charge in [-0.3, -0.25) is 0 Å². The SMILES string of the molecule is COc1ccc2c(c1)CC(Nc1ncnc3ccc(I)cc13)C2. The summed E-state index contributed by atoms with van der Waals surface area (Å²) in [7, 11) is 1.71. The van der Waals surface area contributed by atoms with Crippen LogP contribution in [0.15, 0.2) is 42.7 Å². The van der Waals surface area contributed by atoms with Crippen LogP contribution in [0, 0.1) is 3.57 Å². The van der Waals surface area contributed by atoms with Crippen LogP contribution in [0.4, 0.5) is 5.82 Å². The summed E-state index contributed by atoms with van der Waals surface area (Å²) >= 11 is 2.32. The Kier molecular flexibility index (Phi) is 3.80. The highest BCUT2D eigenvalue weighted by Crippen LogP contribution is 2.29. The van der Waals surface area contributed by atoms with Gasteiger partial charge >= 0.3 is 0 Å². The second-order valence-corrected chi connectivity index (χ2v) is 7.01. The molecule has 1 atom stereocenters. The molecule has 0 radical (unpaired) electrons. The second kappa shape index (κ2) is 5.96. The van der Waals surface area contributed by atoms with Crippen molar-refractivity contribution < 1.29 is 4.74 Å². The third-order valence-electron chi connectivity index (χ3n) is 4.28. The molecule has 1 N–H and O–H groups in total. The first-order chi connectivity index (χ1) is 11.2. The van der Waals surface area contributed by atoms with E-state index >= 15 is 0 Å². The first kappa shape index (κ1) is 14.7. The number of benzene rings is 2. The minimum atomic E-state index is 0.355. The van der Waals surface area contributed by atoms with E-state index < -0.39 is 0 Å². The normalized spacial score (nSPS) is 16.3. The molecule has 2 aromatic carbocycles. The Morgan fingerprint density at radius 3 is 2.83 bits per heavy atom. The summed E-state index contributed by atoms with van der Waals surface area (Å²) in [6.07, 6.45) is 3.62. The number of hydrogen-bond donors (Lipinski definition) is 1. The predicted octanol–water partition coefficient (Wildman–Crippen LogP) is 3.82. The summed E-state index contributed by atoms with van der Waals surface area (Å²) < 4.78 is 6.51. The van der Waals surface area contributed by atoms with Gasteiger partial charge in [0.05, 0.1) is 12.6 Å². The van der Waals surface area contributed by atoms with Gasteiger partial charge in [0.2, 0.25) is 0 Å². The highest BCUT2D eigenvalue weighted by Gasteiger charge is 2.22. The zero-order valence-corrected chi connectivity index (χ0v) is 14.9. The lowest BCUT2D eigenvalue weighted by Crippen LogP contribution is -2.20. The zero-order valence-electron chi connectivity index (χ0n) is 12.7. The van der Waals surface area contributed by atoms with Crippen LogP contribution in [0.3, 0.4) is 0 Å². The fraction of sp³-hybridized carbons (Fsp3) is 0.222. The smallest absolute Gasteiger partial charge is 0.137 e. The van der Waals surface area contributed by atoms with Crippen molar-refractivity contribution in [3.05, 3.63) is 57.4 Å². The van der Waals surface area contributed by atoms with Gasteiger partial charge in [0, 0.05) is 15.0 Å². The molecule has 0 bridgehead atoms. The molecule has 1 aromatic heterocycles. The molecule has 0 fully saturated rings. The van der Waals surface area contributed by atoms with Crippen LogP contribution < -0.4 is 10.1 Å². The molecule has 1 unspecified atom stereocenters. The van der Waals surface area contributed by atoms with Crippen LogP contribution in [0.25, 0.3) is 10.9 Å². The topological polar surface area (TPSA) is 47.0 Å².